The highest BCUT2D eigenvalue weighted by Gasteiger charge is 2.30. The van der Waals surface area contributed by atoms with E-state index in [1.165, 1.54) is 13.1 Å². The molecule has 1 aliphatic heterocycles. The van der Waals surface area contributed by atoms with E-state index in [0.29, 0.717) is 12.0 Å². The first kappa shape index (κ1) is 16.2. The zero-order chi connectivity index (χ0) is 17.4. The number of tetrazole rings is 1. The molecule has 1 saturated heterocycles. The highest BCUT2D eigenvalue weighted by molar-refractivity contribution is 5.77. The first-order valence-corrected chi connectivity index (χ1v) is 7.54. The van der Waals surface area contributed by atoms with Gasteiger partial charge < -0.3 is 9.47 Å². The van der Waals surface area contributed by atoms with Gasteiger partial charge in [-0.15, -0.1) is 0 Å². The van der Waals surface area contributed by atoms with Crippen LogP contribution in [0.5, 0.6) is 5.75 Å². The van der Waals surface area contributed by atoms with Gasteiger partial charge in [-0.2, -0.15) is 9.36 Å². The number of carbonyl (C=O) groups is 1. The summed E-state index contributed by atoms with van der Waals surface area (Å²) in [6.45, 7) is 3.91. The van der Waals surface area contributed by atoms with E-state index in [2.05, 4.69) is 10.4 Å². The van der Waals surface area contributed by atoms with Crippen molar-refractivity contribution in [2.45, 2.75) is 32.3 Å². The van der Waals surface area contributed by atoms with E-state index in [1.807, 2.05) is 13.8 Å². The molecule has 2 heterocycles. The molecular formula is C15H17FN4O4. The number of aryl methyl sites for hydroxylation is 1. The summed E-state index contributed by atoms with van der Waals surface area (Å²) in [5.41, 5.74) is 0.136. The van der Waals surface area contributed by atoms with Gasteiger partial charge in [0, 0.05) is 19.5 Å². The van der Waals surface area contributed by atoms with Crippen LogP contribution in [-0.4, -0.2) is 38.5 Å². The van der Waals surface area contributed by atoms with Crippen LogP contribution in [-0.2, 0) is 16.6 Å². The van der Waals surface area contributed by atoms with Crippen molar-refractivity contribution in [3.8, 4) is 11.4 Å². The van der Waals surface area contributed by atoms with Crippen molar-refractivity contribution in [3.05, 3.63) is 34.0 Å². The third kappa shape index (κ3) is 2.77. The number of nitrogens with zero attached hydrogens (tertiary/aromatic N) is 4. The van der Waals surface area contributed by atoms with E-state index < -0.39 is 23.6 Å². The minimum absolute atomic E-state index is 0.0448. The molecule has 1 aliphatic rings. The summed E-state index contributed by atoms with van der Waals surface area (Å²) in [7, 11) is 1.45. The van der Waals surface area contributed by atoms with Gasteiger partial charge in [0.2, 0.25) is 0 Å². The molecule has 1 fully saturated rings. The largest absolute Gasteiger partial charge is 0.476 e. The molecule has 0 spiro atoms. The molecule has 8 nitrogen and oxygen atoms in total. The molecule has 0 aliphatic carbocycles. The average Bonchev–Trinajstić information content (AvgIpc) is 3.07. The minimum Gasteiger partial charge on any atom is -0.476 e. The Morgan fingerprint density at radius 1 is 1.33 bits per heavy atom. The molecule has 0 N–H and O–H groups in total. The van der Waals surface area contributed by atoms with Gasteiger partial charge >= 0.3 is 11.7 Å². The first-order chi connectivity index (χ1) is 11.4. The Morgan fingerprint density at radius 3 is 2.62 bits per heavy atom. The van der Waals surface area contributed by atoms with Crippen LogP contribution in [0.3, 0.4) is 0 Å². The molecular weight excluding hydrogens is 319 g/mol. The van der Waals surface area contributed by atoms with Crippen molar-refractivity contribution < 1.29 is 18.7 Å². The molecule has 2 aromatic rings. The highest BCUT2D eigenvalue weighted by atomic mass is 19.1. The Kier molecular flexibility index (Phi) is 4.08. The summed E-state index contributed by atoms with van der Waals surface area (Å²) in [5.74, 6) is -1.06. The van der Waals surface area contributed by atoms with Crippen LogP contribution in [0.25, 0.3) is 5.69 Å². The van der Waals surface area contributed by atoms with Crippen LogP contribution >= 0.6 is 0 Å². The molecule has 0 amide bonds. The van der Waals surface area contributed by atoms with Crippen LogP contribution in [0.15, 0.2) is 16.9 Å². The Bertz CT molecular complexity index is 842. The van der Waals surface area contributed by atoms with Crippen LogP contribution in [0.2, 0.25) is 0 Å². The standard InChI is InChI=1S/C15H17FN4O4/c1-8(2)9-6-11(20-15(22)19(3)17-18-20)13(7-10(9)16)24-12-4-5-23-14(12)21/h6-8,12H,4-5H2,1-3H3. The number of hydrogen-bond acceptors (Lipinski definition) is 6. The van der Waals surface area contributed by atoms with Gasteiger partial charge in [-0.05, 0) is 28.0 Å². The molecule has 24 heavy (non-hydrogen) atoms. The molecule has 128 valence electrons. The molecule has 1 aromatic carbocycles. The van der Waals surface area contributed by atoms with Crippen molar-refractivity contribution in [2.24, 2.45) is 7.05 Å². The molecule has 9 heteroatoms. The number of aromatic nitrogens is 4. The van der Waals surface area contributed by atoms with E-state index in [1.54, 1.807) is 0 Å². The predicted molar refractivity (Wildman–Crippen MR) is 80.6 cm³/mol. The number of esters is 1. The summed E-state index contributed by atoms with van der Waals surface area (Å²) in [5, 5.41) is 7.42. The lowest BCUT2D eigenvalue weighted by Crippen LogP contribution is -2.26. The maximum Gasteiger partial charge on any atom is 0.368 e. The molecule has 3 rings (SSSR count). The fourth-order valence-electron chi connectivity index (χ4n) is 2.46. The lowest BCUT2D eigenvalue weighted by Gasteiger charge is -2.16. The van der Waals surface area contributed by atoms with Crippen LogP contribution in [0.1, 0.15) is 31.7 Å². The number of halogens is 1. The van der Waals surface area contributed by atoms with E-state index >= 15 is 0 Å². The Labute approximate surface area is 136 Å². The van der Waals surface area contributed by atoms with E-state index in [-0.39, 0.29) is 24.0 Å². The minimum atomic E-state index is -0.833. The number of benzene rings is 1. The molecule has 0 radical (unpaired) electrons. The molecule has 0 saturated carbocycles. The van der Waals surface area contributed by atoms with Crippen molar-refractivity contribution in [2.75, 3.05) is 6.61 Å². The second-order valence-electron chi connectivity index (χ2n) is 5.86. The summed E-state index contributed by atoms with van der Waals surface area (Å²) >= 11 is 0. The fourth-order valence-corrected chi connectivity index (χ4v) is 2.46. The zero-order valence-corrected chi connectivity index (χ0v) is 13.5. The maximum atomic E-state index is 14.3. The van der Waals surface area contributed by atoms with Gasteiger partial charge in [0.1, 0.15) is 17.3 Å². The maximum absolute atomic E-state index is 14.3. The second kappa shape index (κ2) is 6.06. The monoisotopic (exact) mass is 336 g/mol. The molecule has 1 aromatic heterocycles. The molecule has 0 bridgehead atoms. The van der Waals surface area contributed by atoms with Crippen molar-refractivity contribution >= 4 is 5.97 Å². The highest BCUT2D eigenvalue weighted by Crippen LogP contribution is 2.31. The summed E-state index contributed by atoms with van der Waals surface area (Å²) in [6, 6.07) is 2.66. The SMILES string of the molecule is CC(C)c1cc(-n2nnn(C)c2=O)c(OC2CCOC2=O)cc1F. The van der Waals surface area contributed by atoms with Gasteiger partial charge in [0.25, 0.3) is 0 Å². The van der Waals surface area contributed by atoms with Crippen LogP contribution in [0.4, 0.5) is 4.39 Å². The van der Waals surface area contributed by atoms with Gasteiger partial charge in [-0.1, -0.05) is 13.8 Å². The molecule has 1 unspecified atom stereocenters. The quantitative estimate of drug-likeness (QED) is 0.772. The summed E-state index contributed by atoms with van der Waals surface area (Å²) in [4.78, 5) is 23.8. The third-order valence-electron chi connectivity index (χ3n) is 3.81. The van der Waals surface area contributed by atoms with Crippen LogP contribution < -0.4 is 10.4 Å². The lowest BCUT2D eigenvalue weighted by atomic mass is 10.0. The lowest BCUT2D eigenvalue weighted by molar-refractivity contribution is -0.143. The Balaban J connectivity index is 2.12. The fraction of sp³-hybridized carbons (Fsp3) is 0.467. The number of hydrogen-bond donors (Lipinski definition) is 0. The number of carbonyl (C=O) groups excluding carboxylic acids is 1. The van der Waals surface area contributed by atoms with Crippen molar-refractivity contribution in [1.82, 2.24) is 19.8 Å². The van der Waals surface area contributed by atoms with Gasteiger partial charge in [-0.3, -0.25) is 0 Å². The summed E-state index contributed by atoms with van der Waals surface area (Å²) in [6.07, 6.45) is -0.471. The zero-order valence-electron chi connectivity index (χ0n) is 13.5. The smallest absolute Gasteiger partial charge is 0.368 e. The number of cyclic esters (lactones) is 1. The van der Waals surface area contributed by atoms with E-state index in [0.717, 1.165) is 15.4 Å². The van der Waals surface area contributed by atoms with Crippen molar-refractivity contribution in [3.63, 3.8) is 0 Å². The number of rotatable bonds is 4. The van der Waals surface area contributed by atoms with E-state index in [9.17, 15) is 14.0 Å². The van der Waals surface area contributed by atoms with Gasteiger partial charge in [-0.25, -0.2) is 14.0 Å². The number of ether oxygens (including phenoxy) is 2. The van der Waals surface area contributed by atoms with Gasteiger partial charge in [0.05, 0.1) is 6.61 Å². The predicted octanol–water partition coefficient (Wildman–Crippen LogP) is 0.923. The van der Waals surface area contributed by atoms with Crippen LogP contribution in [0, 0.1) is 5.82 Å². The molecule has 1 atom stereocenters. The second-order valence-corrected chi connectivity index (χ2v) is 5.86. The Hall–Kier alpha value is -2.71. The van der Waals surface area contributed by atoms with Crippen molar-refractivity contribution in [1.29, 1.82) is 0 Å². The average molecular weight is 336 g/mol. The normalized spacial score (nSPS) is 17.4. The Morgan fingerprint density at radius 2 is 2.08 bits per heavy atom. The summed E-state index contributed by atoms with van der Waals surface area (Å²) < 4.78 is 26.9. The third-order valence-corrected chi connectivity index (χ3v) is 3.81. The van der Waals surface area contributed by atoms with E-state index in [4.69, 9.17) is 9.47 Å². The van der Waals surface area contributed by atoms with Gasteiger partial charge in [0.15, 0.2) is 6.10 Å². The topological polar surface area (TPSA) is 88.2 Å². The first-order valence-electron chi connectivity index (χ1n) is 7.54.